The highest BCUT2D eigenvalue weighted by Crippen LogP contribution is 2.47. The van der Waals surface area contributed by atoms with Gasteiger partial charge < -0.3 is 55.1 Å². The van der Waals surface area contributed by atoms with E-state index in [0.717, 1.165) is 18.2 Å². The minimum Gasteiger partial charge on any atom is -0.571 e. The summed E-state index contributed by atoms with van der Waals surface area (Å²) in [7, 11) is 0. The molecule has 11 nitrogen and oxygen atoms in total. The number of aliphatic hydroxyl groups is 4. The Balaban J connectivity index is 1.76. The number of phenols is 5. The highest BCUT2D eigenvalue weighted by Gasteiger charge is 2.46. The summed E-state index contributed by atoms with van der Waals surface area (Å²) in [6.45, 7) is -0.562. The van der Waals surface area contributed by atoms with Crippen molar-refractivity contribution >= 4 is 6.08 Å². The van der Waals surface area contributed by atoms with E-state index in [9.17, 15) is 40.9 Å². The van der Waals surface area contributed by atoms with Crippen LogP contribution in [0.3, 0.4) is 0 Å². The van der Waals surface area contributed by atoms with Gasteiger partial charge >= 0.3 is 0 Å². The van der Waals surface area contributed by atoms with Crippen molar-refractivity contribution < 1.29 is 55.1 Å². The van der Waals surface area contributed by atoms with E-state index >= 15 is 0 Å². The Bertz CT molecular complexity index is 1010. The van der Waals surface area contributed by atoms with Crippen LogP contribution in [-0.4, -0.2) is 76.8 Å². The van der Waals surface area contributed by atoms with Crippen LogP contribution in [-0.2, 0) is 9.47 Å². The summed E-state index contributed by atoms with van der Waals surface area (Å²) in [5.74, 6) is -2.38. The zero-order chi connectivity index (χ0) is 22.4. The predicted octanol–water partition coefficient (Wildman–Crippen LogP) is 0.00730. The van der Waals surface area contributed by atoms with E-state index in [0.29, 0.717) is 0 Å². The molecule has 0 saturated carbocycles. The first-order chi connectivity index (χ1) is 14.7. The second-order valence-electron chi connectivity index (χ2n) is 7.21. The maximum Gasteiger partial charge on any atom is 0.270 e. The largest absolute Gasteiger partial charge is 0.571 e. The highest BCUT2D eigenvalue weighted by molar-refractivity contribution is 5.69. The van der Waals surface area contributed by atoms with Crippen LogP contribution >= 0.6 is 0 Å². The lowest BCUT2D eigenvalue weighted by Gasteiger charge is -2.28. The van der Waals surface area contributed by atoms with Gasteiger partial charge in [-0.2, -0.15) is 0 Å². The molecule has 11 heteroatoms. The molecule has 5 atom stereocenters. The van der Waals surface area contributed by atoms with Crippen LogP contribution < -0.4 is 0 Å². The van der Waals surface area contributed by atoms with Crippen LogP contribution in [0, 0.1) is 0 Å². The lowest BCUT2D eigenvalue weighted by atomic mass is 10.0. The van der Waals surface area contributed by atoms with Gasteiger partial charge in [0.15, 0.2) is 23.0 Å². The minimum absolute atomic E-state index is 0.00665. The van der Waals surface area contributed by atoms with Crippen molar-refractivity contribution in [1.82, 2.24) is 0 Å². The first-order valence-corrected chi connectivity index (χ1v) is 9.22. The third kappa shape index (κ3) is 3.64. The average molecular weight is 437 g/mol. The van der Waals surface area contributed by atoms with Gasteiger partial charge in [-0.15, -0.1) is 0 Å². The van der Waals surface area contributed by atoms with Gasteiger partial charge in [-0.25, -0.2) is 0 Å². The first kappa shape index (κ1) is 20.9. The Morgan fingerprint density at radius 2 is 1.58 bits per heavy atom. The molecule has 2 aromatic carbocycles. The maximum absolute atomic E-state index is 10.2. The number of hydrogen-bond acceptors (Lipinski definition) is 10. The third-order valence-corrected chi connectivity index (χ3v) is 5.10. The number of aliphatic hydroxyl groups excluding tert-OH is 3. The van der Waals surface area contributed by atoms with Crippen LogP contribution in [0.5, 0.6) is 34.5 Å². The molecule has 166 valence electrons. The monoisotopic (exact) mass is 437 g/mol. The maximum atomic E-state index is 10.2. The molecule has 1 unspecified atom stereocenters. The first-order valence-electron chi connectivity index (χ1n) is 9.22. The summed E-state index contributed by atoms with van der Waals surface area (Å²) in [5.41, 5.74) is 0.349. The van der Waals surface area contributed by atoms with Gasteiger partial charge in [0.05, 0.1) is 18.2 Å². The number of fused-ring (bicyclic) bond motifs is 1. The fourth-order valence-corrected chi connectivity index (χ4v) is 3.50. The van der Waals surface area contributed by atoms with Crippen LogP contribution in [0.15, 0.2) is 30.0 Å². The number of rotatable bonds is 4. The Morgan fingerprint density at radius 1 is 0.903 bits per heavy atom. The van der Waals surface area contributed by atoms with E-state index in [2.05, 4.69) is 4.74 Å². The second kappa shape index (κ2) is 7.71. The molecule has 4 rings (SSSR count). The fourth-order valence-electron chi connectivity index (χ4n) is 3.50. The number of ether oxygens (including phenoxy) is 3. The van der Waals surface area contributed by atoms with Gasteiger partial charge in [0.1, 0.15) is 35.4 Å². The van der Waals surface area contributed by atoms with E-state index in [1.807, 2.05) is 0 Å². The summed E-state index contributed by atoms with van der Waals surface area (Å²) < 4.78 is 15.4. The van der Waals surface area contributed by atoms with E-state index in [4.69, 9.17) is 9.47 Å². The van der Waals surface area contributed by atoms with Crippen LogP contribution in [0.1, 0.15) is 17.2 Å². The number of aromatic hydroxyl groups is 6. The lowest BCUT2D eigenvalue weighted by molar-refractivity contribution is -0.165. The van der Waals surface area contributed by atoms with Crippen molar-refractivity contribution in [3.05, 3.63) is 41.2 Å². The molecule has 1 fully saturated rings. The highest BCUT2D eigenvalue weighted by atomic mass is 16.7. The van der Waals surface area contributed by atoms with E-state index in [-0.39, 0.29) is 34.1 Å². The summed E-state index contributed by atoms with van der Waals surface area (Å²) in [4.78, 5) is 0. The van der Waals surface area contributed by atoms with Crippen LogP contribution in [0.25, 0.3) is 6.08 Å². The van der Waals surface area contributed by atoms with Gasteiger partial charge in [-0.3, -0.25) is 0 Å². The zero-order valence-electron chi connectivity index (χ0n) is 15.8. The van der Waals surface area contributed by atoms with Crippen molar-refractivity contribution in [3.63, 3.8) is 0 Å². The summed E-state index contributed by atoms with van der Waals surface area (Å²) in [5, 5.41) is 78.8. The van der Waals surface area contributed by atoms with Gasteiger partial charge in [0, 0.05) is 12.1 Å². The molecule has 0 amide bonds. The molecule has 0 aliphatic carbocycles. The molecule has 9 N–H and O–H groups in total. The van der Waals surface area contributed by atoms with E-state index in [1.54, 1.807) is 0 Å². The molecule has 2 aliphatic rings. The molecule has 1 saturated heterocycles. The molecule has 2 aromatic rings. The average Bonchev–Trinajstić information content (AvgIpc) is 2.99. The Hall–Kier alpha value is -3.38. The summed E-state index contributed by atoms with van der Waals surface area (Å²) in [6.07, 6.45) is -5.09. The van der Waals surface area contributed by atoms with Crippen LogP contribution in [0.4, 0.5) is 0 Å². The van der Waals surface area contributed by atoms with Gasteiger partial charge in [-0.1, -0.05) is 0 Å². The molecular formula is C20H21O11+. The molecule has 2 aliphatic heterocycles. The van der Waals surface area contributed by atoms with Crippen molar-refractivity contribution in [2.75, 3.05) is 6.61 Å². The van der Waals surface area contributed by atoms with Crippen molar-refractivity contribution in [1.29, 1.82) is 0 Å². The number of benzene rings is 2. The molecule has 0 spiro atoms. The normalized spacial score (nSPS) is 27.3. The second-order valence-corrected chi connectivity index (χ2v) is 7.21. The SMILES string of the molecule is OC[C@@H]1O[C@@H](OC2=Cc3c(O)cc(O)cc3[OH+]C2c2cc(O)c(O)c(O)c2)[C@@H](O)[C@@H]1O. The molecule has 31 heavy (non-hydrogen) atoms. The molecule has 0 aromatic heterocycles. The molecule has 2 heterocycles. The van der Waals surface area contributed by atoms with Crippen LogP contribution in [0.2, 0.25) is 0 Å². The zero-order valence-corrected chi connectivity index (χ0v) is 15.8. The molecule has 0 radical (unpaired) electrons. The number of phenolic OH excluding ortho intramolecular Hbond substituents is 5. The molecular weight excluding hydrogens is 416 g/mol. The summed E-state index contributed by atoms with van der Waals surface area (Å²) >= 11 is 0. The van der Waals surface area contributed by atoms with Crippen molar-refractivity contribution in [3.8, 4) is 34.5 Å². The van der Waals surface area contributed by atoms with Gasteiger partial charge in [0.2, 0.25) is 6.29 Å². The Labute approximate surface area is 174 Å². The topological polar surface area (TPSA) is 193 Å². The molecule has 0 bridgehead atoms. The van der Waals surface area contributed by atoms with Crippen molar-refractivity contribution in [2.45, 2.75) is 30.7 Å². The standard InChI is InChI=1S/C20H20O11/c21-6-15-17(27)18(28)20(31-15)30-14-5-9-10(23)3-8(22)4-13(9)29-19(14)7-1-11(24)16(26)12(25)2-7/h1-5,15,17-28H,6H2/p+1/t15-,17+,18-,19?,20+/m0/s1. The Kier molecular flexibility index (Phi) is 5.19. The van der Waals surface area contributed by atoms with Gasteiger partial charge in [-0.05, 0) is 12.1 Å². The smallest absolute Gasteiger partial charge is 0.270 e. The lowest BCUT2D eigenvalue weighted by Crippen LogP contribution is -2.35. The fraction of sp³-hybridized carbons (Fsp3) is 0.300. The predicted molar refractivity (Wildman–Crippen MR) is 102 cm³/mol. The van der Waals surface area contributed by atoms with Crippen molar-refractivity contribution in [2.24, 2.45) is 0 Å². The third-order valence-electron chi connectivity index (χ3n) is 5.10. The summed E-state index contributed by atoms with van der Waals surface area (Å²) in [6, 6.07) is 4.63. The van der Waals surface area contributed by atoms with E-state index < -0.39 is 54.6 Å². The minimum atomic E-state index is -1.50. The van der Waals surface area contributed by atoms with E-state index in [1.165, 1.54) is 12.1 Å². The quantitative estimate of drug-likeness (QED) is 0.238. The Morgan fingerprint density at radius 3 is 2.19 bits per heavy atom. The van der Waals surface area contributed by atoms with Gasteiger partial charge in [0.25, 0.3) is 11.9 Å². The number of hydrogen-bond donors (Lipinski definition) is 8.